The van der Waals surface area contributed by atoms with Gasteiger partial charge in [0.1, 0.15) is 0 Å². The predicted molar refractivity (Wildman–Crippen MR) is 146 cm³/mol. The summed E-state index contributed by atoms with van der Waals surface area (Å²) in [4.78, 5) is 10.7. The van der Waals surface area contributed by atoms with Crippen LogP contribution >= 0.6 is 24.0 Å². The first-order chi connectivity index (χ1) is 15.6. The van der Waals surface area contributed by atoms with Crippen LogP contribution in [0.5, 0.6) is 0 Å². The van der Waals surface area contributed by atoms with Crippen LogP contribution in [-0.2, 0) is 26.7 Å². The molecule has 33 heavy (non-hydrogen) atoms. The van der Waals surface area contributed by atoms with Crippen LogP contribution in [0.2, 0.25) is 0 Å². The maximum absolute atomic E-state index is 4.48. The zero-order valence-electron chi connectivity index (χ0n) is 19.3. The van der Waals surface area contributed by atoms with E-state index < -0.39 is 0 Å². The number of hydrogen-bond donors (Lipinski definition) is 1. The number of halogens is 1. The maximum Gasteiger partial charge on any atom is 0.194 e. The molecule has 172 valence electrons. The summed E-state index contributed by atoms with van der Waals surface area (Å²) in [6, 6.07) is 21.5. The van der Waals surface area contributed by atoms with Crippen molar-refractivity contribution < 1.29 is 0 Å². The van der Waals surface area contributed by atoms with Gasteiger partial charge in [0.25, 0.3) is 0 Å². The number of guanidine groups is 1. The number of rotatable bonds is 7. The van der Waals surface area contributed by atoms with Crippen molar-refractivity contribution in [3.05, 3.63) is 102 Å². The molecule has 0 saturated heterocycles. The van der Waals surface area contributed by atoms with Crippen molar-refractivity contribution in [2.45, 2.75) is 19.6 Å². The van der Waals surface area contributed by atoms with Gasteiger partial charge in [-0.25, -0.2) is 4.98 Å². The van der Waals surface area contributed by atoms with E-state index >= 15 is 0 Å². The number of nitrogens with zero attached hydrogens (tertiary/aromatic N) is 5. The molecule has 2 heterocycles. The third kappa shape index (κ3) is 6.25. The van der Waals surface area contributed by atoms with Gasteiger partial charge in [-0.15, -0.1) is 24.0 Å². The van der Waals surface area contributed by atoms with Gasteiger partial charge < -0.3 is 19.4 Å². The van der Waals surface area contributed by atoms with Crippen LogP contribution in [0.15, 0.2) is 90.6 Å². The molecule has 0 unspecified atom stereocenters. The van der Waals surface area contributed by atoms with E-state index in [0.717, 1.165) is 19.0 Å². The molecule has 0 amide bonds. The smallest absolute Gasteiger partial charge is 0.194 e. The Morgan fingerprint density at radius 1 is 1.03 bits per heavy atom. The monoisotopic (exact) mass is 554 g/mol. The molecular formula is C26H31IN6. The maximum atomic E-state index is 4.48. The molecule has 4 rings (SSSR count). The average Bonchev–Trinajstić information content (AvgIpc) is 3.47. The molecule has 0 atom stereocenters. The van der Waals surface area contributed by atoms with Gasteiger partial charge in [0.05, 0.1) is 12.9 Å². The molecule has 6 nitrogen and oxygen atoms in total. The Hall–Kier alpha value is -3.07. The number of hydrogen-bond acceptors (Lipinski definition) is 2. The van der Waals surface area contributed by atoms with Crippen LogP contribution in [-0.4, -0.2) is 39.1 Å². The number of aliphatic imine (C=N–C) groups is 1. The molecule has 0 fully saturated rings. The van der Waals surface area contributed by atoms with E-state index in [1.54, 1.807) is 0 Å². The van der Waals surface area contributed by atoms with Crippen molar-refractivity contribution in [2.75, 3.05) is 14.1 Å². The molecule has 0 radical (unpaired) electrons. The van der Waals surface area contributed by atoms with Crippen LogP contribution in [0.25, 0.3) is 11.1 Å². The summed E-state index contributed by atoms with van der Waals surface area (Å²) in [5, 5.41) is 3.53. The van der Waals surface area contributed by atoms with E-state index in [1.807, 2.05) is 25.8 Å². The Labute approximate surface area is 213 Å². The zero-order chi connectivity index (χ0) is 22.3. The Bertz CT molecular complexity index is 1160. The third-order valence-electron chi connectivity index (χ3n) is 5.67. The Kier molecular flexibility index (Phi) is 8.71. The molecule has 0 bridgehead atoms. The Balaban J connectivity index is 0.00000306. The van der Waals surface area contributed by atoms with Gasteiger partial charge in [-0.3, -0.25) is 4.99 Å². The summed E-state index contributed by atoms with van der Waals surface area (Å²) in [6.07, 6.45) is 7.70. The van der Waals surface area contributed by atoms with Crippen molar-refractivity contribution in [2.24, 2.45) is 12.0 Å². The SMILES string of the molecule is CN=C(NCc1ccccc1-c1ccc(Cn2ccnc2)cc1)N(C)Cc1cccn1C.I. The Morgan fingerprint density at radius 3 is 2.48 bits per heavy atom. The van der Waals surface area contributed by atoms with E-state index in [9.17, 15) is 0 Å². The van der Waals surface area contributed by atoms with Crippen molar-refractivity contribution in [3.8, 4) is 11.1 Å². The third-order valence-corrected chi connectivity index (χ3v) is 5.67. The van der Waals surface area contributed by atoms with Crippen molar-refractivity contribution in [1.29, 1.82) is 0 Å². The quantitative estimate of drug-likeness (QED) is 0.204. The summed E-state index contributed by atoms with van der Waals surface area (Å²) in [7, 11) is 5.96. The number of aromatic nitrogens is 3. The van der Waals surface area contributed by atoms with Gasteiger partial charge in [-0.1, -0.05) is 48.5 Å². The lowest BCUT2D eigenvalue weighted by Crippen LogP contribution is -2.38. The van der Waals surface area contributed by atoms with Crippen molar-refractivity contribution in [1.82, 2.24) is 24.3 Å². The lowest BCUT2D eigenvalue weighted by atomic mass is 9.98. The fraction of sp³-hybridized carbons (Fsp3) is 0.231. The number of benzene rings is 2. The van der Waals surface area contributed by atoms with E-state index in [-0.39, 0.29) is 24.0 Å². The molecule has 0 saturated carbocycles. The first kappa shape index (κ1) is 24.6. The summed E-state index contributed by atoms with van der Waals surface area (Å²) < 4.78 is 4.21. The summed E-state index contributed by atoms with van der Waals surface area (Å²) >= 11 is 0. The molecule has 0 aliphatic carbocycles. The van der Waals surface area contributed by atoms with Crippen molar-refractivity contribution in [3.63, 3.8) is 0 Å². The van der Waals surface area contributed by atoms with Gasteiger partial charge in [0, 0.05) is 58.5 Å². The van der Waals surface area contributed by atoms with E-state index in [0.29, 0.717) is 6.54 Å². The first-order valence-electron chi connectivity index (χ1n) is 10.8. The molecule has 1 N–H and O–H groups in total. The normalized spacial score (nSPS) is 11.2. The molecule has 4 aromatic rings. The van der Waals surface area contributed by atoms with Gasteiger partial charge >= 0.3 is 0 Å². The topological polar surface area (TPSA) is 50.4 Å². The van der Waals surface area contributed by atoms with E-state index in [1.165, 1.54) is 27.9 Å². The number of imidazole rings is 1. The van der Waals surface area contributed by atoms with E-state index in [4.69, 9.17) is 0 Å². The highest BCUT2D eigenvalue weighted by Gasteiger charge is 2.10. The average molecular weight is 554 g/mol. The first-order valence-corrected chi connectivity index (χ1v) is 10.8. The molecule has 2 aromatic carbocycles. The van der Waals surface area contributed by atoms with Crippen LogP contribution in [0, 0.1) is 0 Å². The second-order valence-corrected chi connectivity index (χ2v) is 7.96. The van der Waals surface area contributed by atoms with Gasteiger partial charge in [0.15, 0.2) is 5.96 Å². The van der Waals surface area contributed by atoms with Crippen molar-refractivity contribution >= 4 is 29.9 Å². The van der Waals surface area contributed by atoms with E-state index in [2.05, 4.69) is 110 Å². The molecular weight excluding hydrogens is 523 g/mol. The zero-order valence-corrected chi connectivity index (χ0v) is 21.7. The highest BCUT2D eigenvalue weighted by molar-refractivity contribution is 14.0. The lowest BCUT2D eigenvalue weighted by Gasteiger charge is -2.23. The minimum atomic E-state index is 0. The molecule has 7 heteroatoms. The number of aryl methyl sites for hydroxylation is 1. The Morgan fingerprint density at radius 2 is 1.82 bits per heavy atom. The summed E-state index contributed by atoms with van der Waals surface area (Å²) in [6.45, 7) is 2.33. The predicted octanol–water partition coefficient (Wildman–Crippen LogP) is 4.76. The van der Waals surface area contributed by atoms with Crippen LogP contribution in [0.3, 0.4) is 0 Å². The van der Waals surface area contributed by atoms with Crippen LogP contribution in [0.1, 0.15) is 16.8 Å². The fourth-order valence-electron chi connectivity index (χ4n) is 3.87. The van der Waals surface area contributed by atoms with Crippen LogP contribution < -0.4 is 5.32 Å². The largest absolute Gasteiger partial charge is 0.353 e. The highest BCUT2D eigenvalue weighted by Crippen LogP contribution is 2.24. The van der Waals surface area contributed by atoms with Gasteiger partial charge in [0.2, 0.25) is 0 Å². The second-order valence-electron chi connectivity index (χ2n) is 7.96. The summed E-state index contributed by atoms with van der Waals surface area (Å²) in [5.74, 6) is 0.872. The standard InChI is InChI=1S/C26H30N6.HI/c1-27-26(31(3)19-24-8-6-15-30(24)2)29-17-23-7-4-5-9-25(23)22-12-10-21(11-13-22)18-32-16-14-28-20-32;/h4-16,20H,17-19H2,1-3H3,(H,27,29);1H. The minimum Gasteiger partial charge on any atom is -0.353 e. The lowest BCUT2D eigenvalue weighted by molar-refractivity contribution is 0.462. The highest BCUT2D eigenvalue weighted by atomic mass is 127. The minimum absolute atomic E-state index is 0. The molecule has 2 aromatic heterocycles. The molecule has 0 aliphatic heterocycles. The summed E-state index contributed by atoms with van der Waals surface area (Å²) in [5.41, 5.74) is 6.18. The van der Waals surface area contributed by atoms with Gasteiger partial charge in [-0.2, -0.15) is 0 Å². The number of nitrogens with one attached hydrogen (secondary N) is 1. The molecule has 0 aliphatic rings. The fourth-order valence-corrected chi connectivity index (χ4v) is 3.87. The molecule has 0 spiro atoms. The van der Waals surface area contributed by atoms with Gasteiger partial charge in [-0.05, 0) is 34.4 Å². The second kappa shape index (κ2) is 11.7. The van der Waals surface area contributed by atoms with Crippen LogP contribution in [0.4, 0.5) is 0 Å².